The van der Waals surface area contributed by atoms with Crippen LogP contribution in [0.15, 0.2) is 72.8 Å². The number of nitrogens with zero attached hydrogens (tertiary/aromatic N) is 1. The van der Waals surface area contributed by atoms with Crippen LogP contribution < -0.4 is 9.62 Å². The lowest BCUT2D eigenvalue weighted by molar-refractivity contribution is -0.137. The van der Waals surface area contributed by atoms with E-state index in [-0.39, 0.29) is 24.5 Å². The highest BCUT2D eigenvalue weighted by Gasteiger charge is 2.54. The molecule has 3 N–H and O–H groups in total. The molecule has 5 rings (SSSR count). The molecule has 3 atom stereocenters. The standard InChI is InChI=1S/C33H35ClN2O7S/c1-36(26-9-7-6-8-25(26)34)44(41,42)28-20-27-31(21-14-18-24(37)19-15-21)32(33(28)43-27)22-12-16-23(17-13-22)35-29(38)10-4-2-3-5-11-30(39)40/h6-9,12-19,27-28,33,37H,2-5,10-11,20H2,1H3,(H,35,38)(H,39,40). The Morgan fingerprint density at radius 1 is 0.909 bits per heavy atom. The third kappa shape index (κ3) is 6.77. The van der Waals surface area contributed by atoms with Gasteiger partial charge in [-0.05, 0) is 77.9 Å². The Hall–Kier alpha value is -3.86. The third-order valence-corrected chi connectivity index (χ3v) is 10.6. The predicted molar refractivity (Wildman–Crippen MR) is 171 cm³/mol. The lowest BCUT2D eigenvalue weighted by atomic mass is 9.83. The van der Waals surface area contributed by atoms with Gasteiger partial charge in [0.05, 0.1) is 16.8 Å². The number of carboxylic acid groups (broad SMARTS) is 1. The molecule has 44 heavy (non-hydrogen) atoms. The molecular weight excluding hydrogens is 604 g/mol. The number of fused-ring (bicyclic) bond motifs is 2. The van der Waals surface area contributed by atoms with Crippen molar-refractivity contribution in [3.05, 3.63) is 88.9 Å². The lowest BCUT2D eigenvalue weighted by Crippen LogP contribution is -2.42. The average Bonchev–Trinajstić information content (AvgIpc) is 3.60. The van der Waals surface area contributed by atoms with Crippen LogP contribution in [0.1, 0.15) is 56.1 Å². The largest absolute Gasteiger partial charge is 0.508 e. The summed E-state index contributed by atoms with van der Waals surface area (Å²) >= 11 is 6.34. The molecule has 3 aromatic carbocycles. The Kier molecular flexibility index (Phi) is 9.62. The fraction of sp³-hybridized carbons (Fsp3) is 0.333. The van der Waals surface area contributed by atoms with E-state index in [1.54, 1.807) is 60.7 Å². The minimum Gasteiger partial charge on any atom is -0.508 e. The first-order chi connectivity index (χ1) is 21.1. The zero-order valence-electron chi connectivity index (χ0n) is 24.3. The molecule has 1 amide bonds. The Morgan fingerprint density at radius 2 is 1.52 bits per heavy atom. The summed E-state index contributed by atoms with van der Waals surface area (Å²) in [4.78, 5) is 23.1. The maximum absolute atomic E-state index is 13.9. The normalized spacial score (nSPS) is 19.3. The van der Waals surface area contributed by atoms with Crippen LogP contribution in [0.25, 0.3) is 11.1 Å². The second-order valence-corrected chi connectivity index (χ2v) is 13.7. The van der Waals surface area contributed by atoms with Crippen LogP contribution in [0.4, 0.5) is 11.4 Å². The number of sulfonamides is 1. The second kappa shape index (κ2) is 13.4. The van der Waals surface area contributed by atoms with Crippen molar-refractivity contribution >= 4 is 56.0 Å². The van der Waals surface area contributed by atoms with Crippen molar-refractivity contribution in [3.63, 3.8) is 0 Å². The van der Waals surface area contributed by atoms with Crippen molar-refractivity contribution in [2.75, 3.05) is 16.7 Å². The first-order valence-corrected chi connectivity index (χ1v) is 16.5. The number of halogens is 1. The van der Waals surface area contributed by atoms with Crippen molar-refractivity contribution in [1.29, 1.82) is 0 Å². The summed E-state index contributed by atoms with van der Waals surface area (Å²) in [5, 5.41) is 21.0. The summed E-state index contributed by atoms with van der Waals surface area (Å²) in [6, 6.07) is 20.8. The average molecular weight is 639 g/mol. The summed E-state index contributed by atoms with van der Waals surface area (Å²) in [6.07, 6.45) is 2.37. The van der Waals surface area contributed by atoms with Gasteiger partial charge in [-0.3, -0.25) is 13.9 Å². The number of phenols is 1. The van der Waals surface area contributed by atoms with Gasteiger partial charge in [0.1, 0.15) is 17.1 Å². The van der Waals surface area contributed by atoms with Gasteiger partial charge in [-0.1, -0.05) is 60.8 Å². The molecule has 232 valence electrons. The van der Waals surface area contributed by atoms with Gasteiger partial charge >= 0.3 is 5.97 Å². The van der Waals surface area contributed by atoms with Crippen LogP contribution in [0.5, 0.6) is 5.75 Å². The fourth-order valence-corrected chi connectivity index (χ4v) is 8.00. The molecule has 0 spiro atoms. The number of phenolic OH excluding ortho intramolecular Hbond substituents is 1. The molecule has 3 unspecified atom stereocenters. The molecule has 2 aliphatic rings. The number of rotatable bonds is 13. The van der Waals surface area contributed by atoms with Gasteiger partial charge in [0.25, 0.3) is 0 Å². The molecule has 2 aliphatic heterocycles. The van der Waals surface area contributed by atoms with E-state index in [2.05, 4.69) is 5.32 Å². The number of aromatic hydroxyl groups is 1. The molecular formula is C33H35ClN2O7S. The number of carbonyl (C=O) groups excluding carboxylic acids is 1. The molecule has 11 heteroatoms. The van der Waals surface area contributed by atoms with E-state index in [9.17, 15) is 23.1 Å². The molecule has 2 bridgehead atoms. The zero-order valence-corrected chi connectivity index (χ0v) is 25.9. The van der Waals surface area contributed by atoms with Crippen molar-refractivity contribution in [2.45, 2.75) is 62.4 Å². The van der Waals surface area contributed by atoms with Crippen LogP contribution in [0, 0.1) is 0 Å². The highest BCUT2D eigenvalue weighted by molar-refractivity contribution is 7.93. The van der Waals surface area contributed by atoms with Crippen LogP contribution in [-0.2, 0) is 24.3 Å². The highest BCUT2D eigenvalue weighted by Crippen LogP contribution is 2.51. The van der Waals surface area contributed by atoms with E-state index in [0.717, 1.165) is 35.1 Å². The fourth-order valence-electron chi connectivity index (χ4n) is 5.92. The number of nitrogens with one attached hydrogen (secondary N) is 1. The molecule has 0 aliphatic carbocycles. The van der Waals surface area contributed by atoms with Crippen molar-refractivity contribution in [1.82, 2.24) is 0 Å². The number of amides is 1. The first kappa shape index (κ1) is 31.6. The number of hydrogen-bond acceptors (Lipinski definition) is 6. The molecule has 1 saturated heterocycles. The van der Waals surface area contributed by atoms with Crippen LogP contribution in [-0.4, -0.2) is 55.0 Å². The number of unbranched alkanes of at least 4 members (excludes halogenated alkanes) is 3. The molecule has 0 radical (unpaired) electrons. The highest BCUT2D eigenvalue weighted by atomic mass is 35.5. The van der Waals surface area contributed by atoms with Gasteiger partial charge < -0.3 is 20.3 Å². The van der Waals surface area contributed by atoms with Crippen LogP contribution in [0.2, 0.25) is 5.02 Å². The number of ether oxygens (including phenoxy) is 1. The molecule has 9 nitrogen and oxygen atoms in total. The van der Waals surface area contributed by atoms with E-state index < -0.39 is 33.5 Å². The molecule has 1 fully saturated rings. The smallest absolute Gasteiger partial charge is 0.303 e. The Bertz CT molecular complexity index is 1660. The van der Waals surface area contributed by atoms with Crippen molar-refractivity contribution in [3.8, 4) is 5.75 Å². The minimum absolute atomic E-state index is 0.127. The maximum Gasteiger partial charge on any atom is 0.303 e. The van der Waals surface area contributed by atoms with Crippen molar-refractivity contribution < 1.29 is 33.0 Å². The molecule has 2 heterocycles. The number of hydrogen-bond donors (Lipinski definition) is 3. The van der Waals surface area contributed by atoms with Gasteiger partial charge in [-0.2, -0.15) is 0 Å². The molecule has 3 aromatic rings. The number of benzene rings is 3. The summed E-state index contributed by atoms with van der Waals surface area (Å²) < 4.78 is 35.5. The van der Waals surface area contributed by atoms with Crippen LogP contribution >= 0.6 is 11.6 Å². The van der Waals surface area contributed by atoms with Crippen LogP contribution in [0.3, 0.4) is 0 Å². The summed E-state index contributed by atoms with van der Waals surface area (Å²) in [5.41, 5.74) is 4.25. The quantitative estimate of drug-likeness (QED) is 0.186. The third-order valence-electron chi connectivity index (χ3n) is 8.15. The van der Waals surface area contributed by atoms with Crippen molar-refractivity contribution in [2.24, 2.45) is 0 Å². The summed E-state index contributed by atoms with van der Waals surface area (Å²) in [5.74, 6) is -0.810. The second-order valence-electron chi connectivity index (χ2n) is 11.1. The monoisotopic (exact) mass is 638 g/mol. The Balaban J connectivity index is 1.37. The zero-order chi connectivity index (χ0) is 31.4. The number of anilines is 2. The van der Waals surface area contributed by atoms with E-state index in [1.165, 1.54) is 11.4 Å². The number of carboxylic acids is 1. The SMILES string of the molecule is CN(c1ccccc1Cl)S(=O)(=O)C1CC2OC1C(c1ccc(NC(=O)CCCCCCC(=O)O)cc1)=C2c1ccc(O)cc1. The number of para-hydroxylation sites is 1. The predicted octanol–water partition coefficient (Wildman–Crippen LogP) is 6.33. The van der Waals surface area contributed by atoms with E-state index in [0.29, 0.717) is 35.7 Å². The van der Waals surface area contributed by atoms with Gasteiger partial charge in [0.2, 0.25) is 15.9 Å². The Labute approximate surface area is 262 Å². The summed E-state index contributed by atoms with van der Waals surface area (Å²) in [7, 11) is -2.38. The van der Waals surface area contributed by atoms with E-state index in [1.807, 2.05) is 12.1 Å². The summed E-state index contributed by atoms with van der Waals surface area (Å²) in [6.45, 7) is 0. The lowest BCUT2D eigenvalue weighted by Gasteiger charge is -2.30. The molecule has 0 saturated carbocycles. The van der Waals surface area contributed by atoms with Gasteiger partial charge in [0.15, 0.2) is 0 Å². The number of carbonyl (C=O) groups is 2. The van der Waals surface area contributed by atoms with Gasteiger partial charge in [0, 0.05) is 25.6 Å². The Morgan fingerprint density at radius 3 is 2.18 bits per heavy atom. The number of aliphatic carboxylic acids is 1. The van der Waals surface area contributed by atoms with Gasteiger partial charge in [-0.25, -0.2) is 8.42 Å². The van der Waals surface area contributed by atoms with E-state index >= 15 is 0 Å². The topological polar surface area (TPSA) is 133 Å². The molecule has 0 aromatic heterocycles. The minimum atomic E-state index is -3.88. The van der Waals surface area contributed by atoms with Gasteiger partial charge in [-0.15, -0.1) is 0 Å². The van der Waals surface area contributed by atoms with E-state index in [4.69, 9.17) is 21.4 Å². The maximum atomic E-state index is 13.9. The first-order valence-electron chi connectivity index (χ1n) is 14.6.